The molecular weight excluding hydrogens is 644 g/mol. The minimum absolute atomic E-state index is 0.0248. The highest BCUT2D eigenvalue weighted by molar-refractivity contribution is 6.15. The standard InChI is InChI=1S/C36H34N6O8/c1-22(43)31(41(28-10-4-3-5-11-28)32(46)29(37)19-30(44)45)33(47)50-42-34(48)36(2,27-16-13-23(14-17-27)20-39-38)40(35(42)49)21-24-12-15-25-8-6-7-9-26(25)18-24/h3-18,29,31,38H,19-21,37H2,1-2H3,(H,44,45)/t29-,31-,36+/m0/s1. The first-order valence-electron chi connectivity index (χ1n) is 15.5. The van der Waals surface area contributed by atoms with Crippen LogP contribution < -0.4 is 10.6 Å². The van der Waals surface area contributed by atoms with Crippen molar-refractivity contribution in [3.05, 3.63) is 114 Å². The number of fused-ring (bicyclic) bond motifs is 1. The van der Waals surface area contributed by atoms with Crippen LogP contribution in [0.5, 0.6) is 0 Å². The van der Waals surface area contributed by atoms with E-state index >= 15 is 0 Å². The fourth-order valence-electron chi connectivity index (χ4n) is 5.87. The fraction of sp³-hybridized carbons (Fsp3) is 0.222. The van der Waals surface area contributed by atoms with Gasteiger partial charge >= 0.3 is 18.0 Å². The van der Waals surface area contributed by atoms with Crippen molar-refractivity contribution in [1.82, 2.24) is 9.96 Å². The summed E-state index contributed by atoms with van der Waals surface area (Å²) < 4.78 is 0. The van der Waals surface area contributed by atoms with Gasteiger partial charge in [0, 0.05) is 12.2 Å². The largest absolute Gasteiger partial charge is 0.481 e. The zero-order valence-corrected chi connectivity index (χ0v) is 27.2. The molecule has 0 saturated carbocycles. The minimum atomic E-state index is -2.04. The number of urea groups is 1. The lowest BCUT2D eigenvalue weighted by Crippen LogP contribution is -2.56. The molecular formula is C36H34N6O8. The summed E-state index contributed by atoms with van der Waals surface area (Å²) >= 11 is 0. The van der Waals surface area contributed by atoms with E-state index in [0.29, 0.717) is 21.6 Å². The molecule has 4 amide bonds. The van der Waals surface area contributed by atoms with Crippen molar-refractivity contribution in [2.24, 2.45) is 10.8 Å². The number of carbonyl (C=O) groups excluding carboxylic acids is 5. The molecule has 4 aromatic carbocycles. The minimum Gasteiger partial charge on any atom is -0.481 e. The van der Waals surface area contributed by atoms with E-state index in [2.05, 4.69) is 5.11 Å². The number of rotatable bonds is 13. The Morgan fingerprint density at radius 1 is 0.920 bits per heavy atom. The molecule has 0 aromatic heterocycles. The summed E-state index contributed by atoms with van der Waals surface area (Å²) in [6.07, 6.45) is -0.804. The molecule has 1 aliphatic rings. The highest BCUT2D eigenvalue weighted by atomic mass is 16.7. The second kappa shape index (κ2) is 14.5. The van der Waals surface area contributed by atoms with E-state index in [0.717, 1.165) is 17.7 Å². The van der Waals surface area contributed by atoms with Crippen LogP contribution in [0.4, 0.5) is 10.5 Å². The van der Waals surface area contributed by atoms with Crippen molar-refractivity contribution in [3.63, 3.8) is 0 Å². The summed E-state index contributed by atoms with van der Waals surface area (Å²) in [4.78, 5) is 87.6. The van der Waals surface area contributed by atoms with Gasteiger partial charge in [-0.3, -0.25) is 29.0 Å². The van der Waals surface area contributed by atoms with Gasteiger partial charge in [-0.15, -0.1) is 0 Å². The van der Waals surface area contributed by atoms with E-state index in [1.807, 2.05) is 42.5 Å². The van der Waals surface area contributed by atoms with Crippen LogP contribution in [0.1, 0.15) is 37.0 Å². The summed E-state index contributed by atoms with van der Waals surface area (Å²) in [5.74, 6) is -5.75. The molecule has 256 valence electrons. The smallest absolute Gasteiger partial charge is 0.363 e. The average molecular weight is 679 g/mol. The monoisotopic (exact) mass is 678 g/mol. The maximum atomic E-state index is 14.3. The van der Waals surface area contributed by atoms with E-state index in [1.54, 1.807) is 30.3 Å². The number of carboxylic acids is 1. The van der Waals surface area contributed by atoms with Crippen molar-refractivity contribution in [2.45, 2.75) is 51.0 Å². The number of hydrogen-bond acceptors (Lipinski definition) is 10. The van der Waals surface area contributed by atoms with Gasteiger partial charge in [-0.2, -0.15) is 5.11 Å². The van der Waals surface area contributed by atoms with Gasteiger partial charge in [0.05, 0.1) is 19.0 Å². The van der Waals surface area contributed by atoms with Crippen molar-refractivity contribution < 1.29 is 38.7 Å². The number of carboxylic acid groups (broad SMARTS) is 1. The third-order valence-electron chi connectivity index (χ3n) is 8.51. The Hall–Kier alpha value is -6.28. The van der Waals surface area contributed by atoms with Gasteiger partial charge in [0.15, 0.2) is 11.8 Å². The van der Waals surface area contributed by atoms with E-state index < -0.39 is 59.6 Å². The van der Waals surface area contributed by atoms with E-state index in [4.69, 9.17) is 16.1 Å². The lowest BCUT2D eigenvalue weighted by molar-refractivity contribution is -0.186. The number of ketones is 1. The lowest BCUT2D eigenvalue weighted by atomic mass is 9.89. The molecule has 0 unspecified atom stereocenters. The zero-order valence-electron chi connectivity index (χ0n) is 27.2. The number of aliphatic carboxylic acids is 1. The summed E-state index contributed by atoms with van der Waals surface area (Å²) in [7, 11) is 0. The number of nitrogens with two attached hydrogens (primary N) is 1. The maximum Gasteiger partial charge on any atom is 0.363 e. The molecule has 4 aromatic rings. The van der Waals surface area contributed by atoms with Gasteiger partial charge in [0.25, 0.3) is 5.91 Å². The van der Waals surface area contributed by atoms with Crippen molar-refractivity contribution >= 4 is 52.0 Å². The number of amides is 4. The molecule has 1 saturated heterocycles. The summed E-state index contributed by atoms with van der Waals surface area (Å²) in [5.41, 5.74) is 13.1. The molecule has 0 bridgehead atoms. The Balaban J connectivity index is 1.53. The van der Waals surface area contributed by atoms with Crippen molar-refractivity contribution in [1.29, 1.82) is 5.53 Å². The number of imide groups is 1. The van der Waals surface area contributed by atoms with E-state index in [1.165, 1.54) is 36.1 Å². The Bertz CT molecular complexity index is 1990. The van der Waals surface area contributed by atoms with Gasteiger partial charge in [-0.05, 0) is 59.5 Å². The fourth-order valence-corrected chi connectivity index (χ4v) is 5.87. The SMILES string of the molecule is CC(=O)[C@@H](C(=O)ON1C(=O)N(Cc2ccc3ccccc3c2)[C@](C)(c2ccc(CN=N)cc2)C1=O)N(C(=O)[C@@H](N)CC(=O)O)c1ccccc1. The Morgan fingerprint density at radius 2 is 1.54 bits per heavy atom. The number of anilines is 1. The maximum absolute atomic E-state index is 14.3. The van der Waals surface area contributed by atoms with Crippen LogP contribution in [0.25, 0.3) is 10.8 Å². The van der Waals surface area contributed by atoms with Gasteiger partial charge in [-0.25, -0.2) is 15.1 Å². The van der Waals surface area contributed by atoms with E-state index in [9.17, 15) is 33.9 Å². The van der Waals surface area contributed by atoms with Crippen molar-refractivity contribution in [2.75, 3.05) is 4.90 Å². The van der Waals surface area contributed by atoms with Crippen LogP contribution in [0, 0.1) is 5.53 Å². The van der Waals surface area contributed by atoms with Crippen molar-refractivity contribution in [3.8, 4) is 0 Å². The van der Waals surface area contributed by atoms with Gasteiger partial charge in [0.1, 0.15) is 5.54 Å². The molecule has 0 aliphatic carbocycles. The molecule has 1 fully saturated rings. The molecule has 14 nitrogen and oxygen atoms in total. The molecule has 0 spiro atoms. The molecule has 14 heteroatoms. The van der Waals surface area contributed by atoms with Crippen LogP contribution in [0.2, 0.25) is 0 Å². The molecule has 4 N–H and O–H groups in total. The second-order valence-corrected chi connectivity index (χ2v) is 11.9. The van der Waals surface area contributed by atoms with Gasteiger partial charge in [-0.1, -0.05) is 83.9 Å². The third-order valence-corrected chi connectivity index (χ3v) is 8.51. The first-order chi connectivity index (χ1) is 23.9. The van der Waals surface area contributed by atoms with Gasteiger partial charge < -0.3 is 15.7 Å². The molecule has 0 radical (unpaired) electrons. The highest BCUT2D eigenvalue weighted by Gasteiger charge is 2.58. The first-order valence-corrected chi connectivity index (χ1v) is 15.5. The van der Waals surface area contributed by atoms with E-state index in [-0.39, 0.29) is 23.8 Å². The number of nitrogens with zero attached hydrogens (tertiary/aromatic N) is 4. The van der Waals surface area contributed by atoms with Crippen LogP contribution in [0.3, 0.4) is 0 Å². The first kappa shape index (κ1) is 35.0. The zero-order chi connectivity index (χ0) is 36.2. The predicted molar refractivity (Wildman–Crippen MR) is 179 cm³/mol. The molecule has 50 heavy (non-hydrogen) atoms. The molecule has 1 heterocycles. The third kappa shape index (κ3) is 6.82. The number of carbonyl (C=O) groups is 6. The average Bonchev–Trinajstić information content (AvgIpc) is 3.27. The lowest BCUT2D eigenvalue weighted by Gasteiger charge is -2.32. The quantitative estimate of drug-likeness (QED) is 0.105. The summed E-state index contributed by atoms with van der Waals surface area (Å²) in [5, 5.41) is 14.8. The molecule has 5 rings (SSSR count). The summed E-state index contributed by atoms with van der Waals surface area (Å²) in [6, 6.07) is 22.5. The normalized spacial score (nSPS) is 16.9. The number of Topliss-reactive ketones (excluding diaryl/α,β-unsaturated/α-hetero) is 1. The number of hydroxylamine groups is 2. The van der Waals surface area contributed by atoms with Crippen LogP contribution in [0.15, 0.2) is 102 Å². The Labute approximate surface area is 286 Å². The predicted octanol–water partition coefficient (Wildman–Crippen LogP) is 4.30. The Kier molecular flexibility index (Phi) is 10.1. The van der Waals surface area contributed by atoms with Crippen LogP contribution in [-0.2, 0) is 47.4 Å². The number of para-hydroxylation sites is 1. The topological polar surface area (TPSA) is 204 Å². The molecule has 1 aliphatic heterocycles. The number of benzene rings is 4. The van der Waals surface area contributed by atoms with Crippen LogP contribution in [-0.4, -0.2) is 62.7 Å². The Morgan fingerprint density at radius 3 is 2.16 bits per heavy atom. The highest BCUT2D eigenvalue weighted by Crippen LogP contribution is 2.39. The number of nitrogens with one attached hydrogen (secondary N) is 1. The molecule has 3 atom stereocenters. The van der Waals surface area contributed by atoms with Gasteiger partial charge in [0.2, 0.25) is 5.91 Å². The number of hydrogen-bond donors (Lipinski definition) is 3. The second-order valence-electron chi connectivity index (χ2n) is 11.9. The summed E-state index contributed by atoms with van der Waals surface area (Å²) in [6.45, 7) is 2.53. The van der Waals surface area contributed by atoms with Crippen LogP contribution >= 0.6 is 0 Å².